The highest BCUT2D eigenvalue weighted by Crippen LogP contribution is 2.25. The lowest BCUT2D eigenvalue weighted by Crippen LogP contribution is -2.26. The lowest BCUT2D eigenvalue weighted by molar-refractivity contribution is -0.0388. The smallest absolute Gasteiger partial charge is 0.182 e. The molecule has 0 aromatic carbocycles. The van der Waals surface area contributed by atoms with Gasteiger partial charge in [0.1, 0.15) is 11.4 Å². The minimum Gasteiger partial charge on any atom is -0.368 e. The van der Waals surface area contributed by atoms with E-state index in [1.54, 1.807) is 0 Å². The van der Waals surface area contributed by atoms with Gasteiger partial charge < -0.3 is 10.5 Å². The Bertz CT molecular complexity index is 313. The molecule has 0 saturated carbocycles. The van der Waals surface area contributed by atoms with Crippen LogP contribution in [-0.4, -0.2) is 28.3 Å². The Morgan fingerprint density at radius 3 is 2.75 bits per heavy atom. The maximum atomic E-state index is 5.71. The van der Waals surface area contributed by atoms with E-state index in [1.165, 1.54) is 0 Å². The highest BCUT2D eigenvalue weighted by Gasteiger charge is 2.29. The molecule has 0 amide bonds. The zero-order chi connectivity index (χ0) is 12.0. The first kappa shape index (κ1) is 13.1. The fourth-order valence-corrected chi connectivity index (χ4v) is 1.56. The summed E-state index contributed by atoms with van der Waals surface area (Å²) in [6.07, 6.45) is 2.62. The predicted molar refractivity (Wildman–Crippen MR) is 63.0 cm³/mol. The van der Waals surface area contributed by atoms with Gasteiger partial charge in [-0.05, 0) is 33.2 Å². The summed E-state index contributed by atoms with van der Waals surface area (Å²) < 4.78 is 5.71. The molecule has 16 heavy (non-hydrogen) atoms. The van der Waals surface area contributed by atoms with Gasteiger partial charge in [0, 0.05) is 13.0 Å². The number of hydrogen-bond donors (Lipinski definition) is 2. The Kier molecular flexibility index (Phi) is 4.89. The summed E-state index contributed by atoms with van der Waals surface area (Å²) in [4.78, 5) is 4.46. The highest BCUT2D eigenvalue weighted by atomic mass is 16.5. The van der Waals surface area contributed by atoms with Crippen molar-refractivity contribution in [2.45, 2.75) is 45.6 Å². The monoisotopic (exact) mass is 226 g/mol. The number of ether oxygens (including phenoxy) is 1. The molecule has 0 fully saturated rings. The van der Waals surface area contributed by atoms with Gasteiger partial charge in [0.15, 0.2) is 5.82 Å². The first-order valence-electron chi connectivity index (χ1n) is 5.92. The summed E-state index contributed by atoms with van der Waals surface area (Å²) in [5.41, 5.74) is 5.07. The standard InChI is InChI=1S/C11H22N4O/c1-4-11(3,16-5-2)10-13-9(14-15-10)7-6-8-12/h4-8,12H2,1-3H3,(H,13,14,15). The van der Waals surface area contributed by atoms with E-state index >= 15 is 0 Å². The minimum absolute atomic E-state index is 0.383. The van der Waals surface area contributed by atoms with Crippen molar-refractivity contribution in [3.05, 3.63) is 11.6 Å². The Hall–Kier alpha value is -0.940. The van der Waals surface area contributed by atoms with Crippen LogP contribution in [0.5, 0.6) is 0 Å². The molecule has 1 rings (SSSR count). The van der Waals surface area contributed by atoms with Crippen LogP contribution in [0.4, 0.5) is 0 Å². The van der Waals surface area contributed by atoms with Crippen molar-refractivity contribution in [2.75, 3.05) is 13.2 Å². The Morgan fingerprint density at radius 1 is 1.44 bits per heavy atom. The van der Waals surface area contributed by atoms with E-state index in [9.17, 15) is 0 Å². The van der Waals surface area contributed by atoms with E-state index in [4.69, 9.17) is 10.5 Å². The SMILES string of the molecule is CCOC(C)(CC)c1n[nH]c(CCCN)n1. The zero-order valence-electron chi connectivity index (χ0n) is 10.4. The van der Waals surface area contributed by atoms with Crippen LogP contribution in [0.2, 0.25) is 0 Å². The Balaban J connectivity index is 2.74. The number of nitrogens with zero attached hydrogens (tertiary/aromatic N) is 2. The number of aromatic nitrogens is 3. The van der Waals surface area contributed by atoms with Crippen molar-refractivity contribution in [3.63, 3.8) is 0 Å². The maximum absolute atomic E-state index is 5.71. The summed E-state index contributed by atoms with van der Waals surface area (Å²) in [5, 5.41) is 7.17. The number of H-pyrrole nitrogens is 1. The maximum Gasteiger partial charge on any atom is 0.182 e. The third-order valence-corrected chi connectivity index (χ3v) is 2.76. The number of aromatic amines is 1. The third-order valence-electron chi connectivity index (χ3n) is 2.76. The van der Waals surface area contributed by atoms with E-state index in [0.717, 1.165) is 30.9 Å². The lowest BCUT2D eigenvalue weighted by Gasteiger charge is -2.24. The Morgan fingerprint density at radius 2 is 2.19 bits per heavy atom. The number of hydrogen-bond acceptors (Lipinski definition) is 4. The molecule has 0 spiro atoms. The summed E-state index contributed by atoms with van der Waals surface area (Å²) in [6, 6.07) is 0. The molecule has 0 saturated heterocycles. The van der Waals surface area contributed by atoms with E-state index in [1.807, 2.05) is 13.8 Å². The van der Waals surface area contributed by atoms with Crippen molar-refractivity contribution < 1.29 is 4.74 Å². The van der Waals surface area contributed by atoms with Gasteiger partial charge in [-0.2, -0.15) is 5.10 Å². The first-order chi connectivity index (χ1) is 7.66. The molecular weight excluding hydrogens is 204 g/mol. The Labute approximate surface area is 96.8 Å². The molecule has 92 valence electrons. The third kappa shape index (κ3) is 3.02. The van der Waals surface area contributed by atoms with Crippen LogP contribution in [0, 0.1) is 0 Å². The average molecular weight is 226 g/mol. The van der Waals surface area contributed by atoms with Crippen LogP contribution in [-0.2, 0) is 16.8 Å². The van der Waals surface area contributed by atoms with E-state index in [2.05, 4.69) is 22.1 Å². The number of aryl methyl sites for hydroxylation is 1. The predicted octanol–water partition coefficient (Wildman–Crippen LogP) is 1.36. The van der Waals surface area contributed by atoms with Gasteiger partial charge in [-0.15, -0.1) is 0 Å². The number of rotatable bonds is 7. The van der Waals surface area contributed by atoms with Crippen LogP contribution >= 0.6 is 0 Å². The van der Waals surface area contributed by atoms with Gasteiger partial charge in [0.25, 0.3) is 0 Å². The zero-order valence-corrected chi connectivity index (χ0v) is 10.4. The molecule has 0 aliphatic rings. The molecule has 1 aromatic rings. The van der Waals surface area contributed by atoms with Crippen LogP contribution in [0.3, 0.4) is 0 Å². The molecule has 5 heteroatoms. The van der Waals surface area contributed by atoms with Crippen molar-refractivity contribution >= 4 is 0 Å². The quantitative estimate of drug-likeness (QED) is 0.736. The molecule has 1 atom stereocenters. The van der Waals surface area contributed by atoms with Crippen LogP contribution in [0.1, 0.15) is 45.3 Å². The average Bonchev–Trinajstić information content (AvgIpc) is 2.75. The van der Waals surface area contributed by atoms with Crippen LogP contribution < -0.4 is 5.73 Å². The second-order valence-corrected chi connectivity index (χ2v) is 4.02. The normalized spacial score (nSPS) is 15.0. The topological polar surface area (TPSA) is 76.8 Å². The fraction of sp³-hybridized carbons (Fsp3) is 0.818. The summed E-state index contributed by atoms with van der Waals surface area (Å²) >= 11 is 0. The van der Waals surface area contributed by atoms with Crippen molar-refractivity contribution in [3.8, 4) is 0 Å². The van der Waals surface area contributed by atoms with Gasteiger partial charge in [-0.1, -0.05) is 6.92 Å². The molecule has 3 N–H and O–H groups in total. The molecule has 1 unspecified atom stereocenters. The minimum atomic E-state index is -0.383. The fourth-order valence-electron chi connectivity index (χ4n) is 1.56. The number of nitrogens with one attached hydrogen (secondary N) is 1. The van der Waals surface area contributed by atoms with Crippen LogP contribution in [0.25, 0.3) is 0 Å². The first-order valence-corrected chi connectivity index (χ1v) is 5.92. The van der Waals surface area contributed by atoms with E-state index < -0.39 is 0 Å². The molecule has 5 nitrogen and oxygen atoms in total. The van der Waals surface area contributed by atoms with E-state index in [0.29, 0.717) is 13.2 Å². The van der Waals surface area contributed by atoms with Gasteiger partial charge in [0.2, 0.25) is 0 Å². The summed E-state index contributed by atoms with van der Waals surface area (Å²) in [7, 11) is 0. The summed E-state index contributed by atoms with van der Waals surface area (Å²) in [5.74, 6) is 1.63. The highest BCUT2D eigenvalue weighted by molar-refractivity contribution is 5.01. The largest absolute Gasteiger partial charge is 0.368 e. The summed E-state index contributed by atoms with van der Waals surface area (Å²) in [6.45, 7) is 7.41. The van der Waals surface area contributed by atoms with Crippen molar-refractivity contribution in [2.24, 2.45) is 5.73 Å². The van der Waals surface area contributed by atoms with Gasteiger partial charge in [-0.3, -0.25) is 5.10 Å². The molecular formula is C11H22N4O. The lowest BCUT2D eigenvalue weighted by atomic mass is 10.0. The second-order valence-electron chi connectivity index (χ2n) is 4.02. The van der Waals surface area contributed by atoms with Crippen molar-refractivity contribution in [1.82, 2.24) is 15.2 Å². The van der Waals surface area contributed by atoms with Gasteiger partial charge in [-0.25, -0.2) is 4.98 Å². The molecule has 0 aliphatic heterocycles. The van der Waals surface area contributed by atoms with Crippen molar-refractivity contribution in [1.29, 1.82) is 0 Å². The second kappa shape index (κ2) is 5.96. The molecule has 1 aromatic heterocycles. The van der Waals surface area contributed by atoms with E-state index in [-0.39, 0.29) is 5.60 Å². The van der Waals surface area contributed by atoms with Gasteiger partial charge in [0.05, 0.1) is 0 Å². The molecule has 1 heterocycles. The van der Waals surface area contributed by atoms with Crippen LogP contribution in [0.15, 0.2) is 0 Å². The van der Waals surface area contributed by atoms with Gasteiger partial charge >= 0.3 is 0 Å². The molecule has 0 bridgehead atoms. The molecule has 0 aliphatic carbocycles. The molecule has 0 radical (unpaired) electrons. The number of nitrogens with two attached hydrogens (primary N) is 1.